The third-order valence-electron chi connectivity index (χ3n) is 1.76. The van der Waals surface area contributed by atoms with Gasteiger partial charge in [-0.05, 0) is 12.8 Å². The van der Waals surface area contributed by atoms with Gasteiger partial charge in [-0.25, -0.2) is 0 Å². The number of carbonyl (C=O) groups is 1. The van der Waals surface area contributed by atoms with E-state index >= 15 is 0 Å². The van der Waals surface area contributed by atoms with Crippen molar-refractivity contribution < 1.29 is 9.90 Å². The molecule has 3 nitrogen and oxygen atoms in total. The zero-order valence-electron chi connectivity index (χ0n) is 6.29. The van der Waals surface area contributed by atoms with Crippen molar-refractivity contribution in [1.29, 1.82) is 0 Å². The molecule has 0 heterocycles. The Morgan fingerprint density at radius 2 is 2.27 bits per heavy atom. The maximum atomic E-state index is 11.2. The van der Waals surface area contributed by atoms with E-state index in [-0.39, 0.29) is 12.5 Å². The summed E-state index contributed by atoms with van der Waals surface area (Å²) in [6, 6.07) is 0.409. The van der Waals surface area contributed by atoms with E-state index in [0.717, 1.165) is 12.8 Å². The first-order valence-electron chi connectivity index (χ1n) is 3.76. The molecular formula is C7H12BrNO2. The highest BCUT2D eigenvalue weighted by Crippen LogP contribution is 2.26. The van der Waals surface area contributed by atoms with Gasteiger partial charge in [-0.1, -0.05) is 15.9 Å². The molecule has 0 spiro atoms. The highest BCUT2D eigenvalue weighted by Gasteiger charge is 2.31. The number of rotatable bonds is 4. The molecule has 0 unspecified atom stereocenters. The molecule has 0 aliphatic heterocycles. The van der Waals surface area contributed by atoms with E-state index in [9.17, 15) is 4.79 Å². The maximum Gasteiger partial charge on any atom is 0.233 e. The molecular weight excluding hydrogens is 210 g/mol. The average molecular weight is 222 g/mol. The van der Waals surface area contributed by atoms with Crippen LogP contribution in [0.25, 0.3) is 0 Å². The summed E-state index contributed by atoms with van der Waals surface area (Å²) in [5.41, 5.74) is 0. The van der Waals surface area contributed by atoms with Gasteiger partial charge in [-0.3, -0.25) is 4.79 Å². The Morgan fingerprint density at radius 3 is 2.64 bits per heavy atom. The van der Waals surface area contributed by atoms with Crippen molar-refractivity contribution in [3.63, 3.8) is 0 Å². The molecule has 1 saturated carbocycles. The van der Waals surface area contributed by atoms with Crippen molar-refractivity contribution in [1.82, 2.24) is 4.90 Å². The average Bonchev–Trinajstić information content (AvgIpc) is 2.81. The molecule has 0 bridgehead atoms. The fraction of sp³-hybridized carbons (Fsp3) is 0.857. The van der Waals surface area contributed by atoms with E-state index < -0.39 is 0 Å². The predicted molar refractivity (Wildman–Crippen MR) is 45.6 cm³/mol. The standard InChI is InChI=1S/C7H12BrNO2/c8-5-7(11)9(3-4-10)6-1-2-6/h6,10H,1-5H2. The molecule has 64 valence electrons. The minimum absolute atomic E-state index is 0.0647. The lowest BCUT2D eigenvalue weighted by Gasteiger charge is -2.19. The van der Waals surface area contributed by atoms with Crippen LogP contribution >= 0.6 is 15.9 Å². The second-order valence-electron chi connectivity index (χ2n) is 2.68. The van der Waals surface area contributed by atoms with Gasteiger partial charge >= 0.3 is 0 Å². The number of alkyl halides is 1. The Labute approximate surface area is 74.5 Å². The third-order valence-corrected chi connectivity index (χ3v) is 2.24. The number of amides is 1. The zero-order valence-corrected chi connectivity index (χ0v) is 7.88. The highest BCUT2D eigenvalue weighted by molar-refractivity contribution is 9.09. The van der Waals surface area contributed by atoms with Crippen LogP contribution in [0.5, 0.6) is 0 Å². The van der Waals surface area contributed by atoms with Gasteiger partial charge in [0.15, 0.2) is 0 Å². The molecule has 0 aromatic carbocycles. The lowest BCUT2D eigenvalue weighted by molar-refractivity contribution is -0.129. The lowest BCUT2D eigenvalue weighted by Crippen LogP contribution is -2.36. The topological polar surface area (TPSA) is 40.5 Å². The fourth-order valence-electron chi connectivity index (χ4n) is 1.08. The van der Waals surface area contributed by atoms with Gasteiger partial charge in [0.05, 0.1) is 11.9 Å². The van der Waals surface area contributed by atoms with E-state index in [1.54, 1.807) is 4.90 Å². The molecule has 1 fully saturated rings. The van der Waals surface area contributed by atoms with Gasteiger partial charge in [-0.15, -0.1) is 0 Å². The van der Waals surface area contributed by atoms with Gasteiger partial charge < -0.3 is 10.0 Å². The number of hydrogen-bond donors (Lipinski definition) is 1. The fourth-order valence-corrected chi connectivity index (χ4v) is 1.40. The van der Waals surface area contributed by atoms with Crippen LogP contribution in [0.15, 0.2) is 0 Å². The van der Waals surface area contributed by atoms with Crippen molar-refractivity contribution in [3.05, 3.63) is 0 Å². The van der Waals surface area contributed by atoms with Crippen LogP contribution in [0, 0.1) is 0 Å². The van der Waals surface area contributed by atoms with Gasteiger partial charge in [-0.2, -0.15) is 0 Å². The van der Waals surface area contributed by atoms with Gasteiger partial charge in [0, 0.05) is 12.6 Å². The summed E-state index contributed by atoms with van der Waals surface area (Å²) in [6.45, 7) is 0.546. The first kappa shape index (κ1) is 9.00. The minimum atomic E-state index is 0.0647. The Balaban J connectivity index is 2.37. The molecule has 0 aromatic heterocycles. The SMILES string of the molecule is O=C(CBr)N(CCO)C1CC1. The molecule has 4 heteroatoms. The summed E-state index contributed by atoms with van der Waals surface area (Å²) in [5, 5.41) is 9.01. The van der Waals surface area contributed by atoms with Gasteiger partial charge in [0.1, 0.15) is 0 Å². The van der Waals surface area contributed by atoms with Crippen molar-refractivity contribution in [3.8, 4) is 0 Å². The van der Waals surface area contributed by atoms with Crippen LogP contribution in [0.1, 0.15) is 12.8 Å². The van der Waals surface area contributed by atoms with Crippen molar-refractivity contribution in [2.75, 3.05) is 18.5 Å². The van der Waals surface area contributed by atoms with Gasteiger partial charge in [0.2, 0.25) is 5.91 Å². The summed E-state index contributed by atoms with van der Waals surface area (Å²) in [4.78, 5) is 12.9. The zero-order chi connectivity index (χ0) is 8.27. The first-order chi connectivity index (χ1) is 5.29. The minimum Gasteiger partial charge on any atom is -0.395 e. The molecule has 1 aliphatic carbocycles. The third kappa shape index (κ3) is 2.45. The van der Waals surface area contributed by atoms with Gasteiger partial charge in [0.25, 0.3) is 0 Å². The van der Waals surface area contributed by atoms with Crippen molar-refractivity contribution in [2.45, 2.75) is 18.9 Å². The van der Waals surface area contributed by atoms with E-state index in [1.807, 2.05) is 0 Å². The maximum absolute atomic E-state index is 11.2. The summed E-state index contributed by atoms with van der Waals surface area (Å²) in [7, 11) is 0. The molecule has 0 atom stereocenters. The second-order valence-corrected chi connectivity index (χ2v) is 3.24. The number of halogens is 1. The van der Waals surface area contributed by atoms with Crippen LogP contribution in [-0.2, 0) is 4.79 Å². The number of hydrogen-bond acceptors (Lipinski definition) is 2. The molecule has 0 aromatic rings. The van der Waals surface area contributed by atoms with E-state index in [4.69, 9.17) is 5.11 Å². The number of aliphatic hydroxyl groups excluding tert-OH is 1. The van der Waals surface area contributed by atoms with Crippen LogP contribution < -0.4 is 0 Å². The van der Waals surface area contributed by atoms with Crippen molar-refractivity contribution >= 4 is 21.8 Å². The molecule has 1 amide bonds. The van der Waals surface area contributed by atoms with E-state index in [1.165, 1.54) is 0 Å². The Kier molecular flexibility index (Phi) is 3.33. The van der Waals surface area contributed by atoms with Crippen LogP contribution in [0.3, 0.4) is 0 Å². The summed E-state index contributed by atoms with van der Waals surface area (Å²) < 4.78 is 0. The lowest BCUT2D eigenvalue weighted by atomic mass is 10.4. The van der Waals surface area contributed by atoms with E-state index in [0.29, 0.717) is 17.9 Å². The van der Waals surface area contributed by atoms with E-state index in [2.05, 4.69) is 15.9 Å². The number of nitrogens with zero attached hydrogens (tertiary/aromatic N) is 1. The van der Waals surface area contributed by atoms with Crippen LogP contribution in [0.2, 0.25) is 0 Å². The monoisotopic (exact) mass is 221 g/mol. The number of aliphatic hydroxyl groups is 1. The first-order valence-corrected chi connectivity index (χ1v) is 4.88. The Morgan fingerprint density at radius 1 is 1.64 bits per heavy atom. The van der Waals surface area contributed by atoms with Crippen LogP contribution in [0.4, 0.5) is 0 Å². The smallest absolute Gasteiger partial charge is 0.233 e. The molecule has 0 radical (unpaired) electrons. The van der Waals surface area contributed by atoms with Crippen LogP contribution in [-0.4, -0.2) is 40.4 Å². The molecule has 1 aliphatic rings. The molecule has 0 saturated heterocycles. The highest BCUT2D eigenvalue weighted by atomic mass is 79.9. The summed E-state index contributed by atoms with van der Waals surface area (Å²) >= 11 is 3.11. The predicted octanol–water partition coefficient (Wildman–Crippen LogP) is 0.365. The molecule has 1 N–H and O–H groups in total. The summed E-state index contributed by atoms with van der Waals surface area (Å²) in [6.07, 6.45) is 2.19. The Bertz CT molecular complexity index is 147. The quantitative estimate of drug-likeness (QED) is 0.698. The normalized spacial score (nSPS) is 16.5. The Hall–Kier alpha value is -0.0900. The second kappa shape index (κ2) is 4.07. The van der Waals surface area contributed by atoms with Crippen molar-refractivity contribution in [2.24, 2.45) is 0 Å². The summed E-state index contributed by atoms with van der Waals surface area (Å²) in [5.74, 6) is 0.0848. The largest absolute Gasteiger partial charge is 0.395 e. The number of carbonyl (C=O) groups excluding carboxylic acids is 1. The molecule has 1 rings (SSSR count). The molecule has 11 heavy (non-hydrogen) atoms.